The van der Waals surface area contributed by atoms with Gasteiger partial charge in [-0.05, 0) is 54.8 Å². The number of halogens is 1. The molecule has 0 spiro atoms. The van der Waals surface area contributed by atoms with Gasteiger partial charge in [-0.2, -0.15) is 0 Å². The number of anilines is 1. The number of carbonyl (C=O) groups excluding carboxylic acids is 3. The van der Waals surface area contributed by atoms with Gasteiger partial charge in [0.2, 0.25) is 5.91 Å². The molecule has 1 saturated heterocycles. The van der Waals surface area contributed by atoms with Crippen molar-refractivity contribution in [2.24, 2.45) is 10.9 Å². The number of carbonyl (C=O) groups is 3. The minimum atomic E-state index is -1.25. The molecule has 1 heterocycles. The van der Waals surface area contributed by atoms with Crippen molar-refractivity contribution in [3.05, 3.63) is 59.9 Å². The third-order valence-corrected chi connectivity index (χ3v) is 4.41. The number of hydrogen-bond donors (Lipinski definition) is 1. The number of urea groups is 1. The Morgan fingerprint density at radius 1 is 1.07 bits per heavy atom. The fourth-order valence-electron chi connectivity index (χ4n) is 2.85. The Morgan fingerprint density at radius 2 is 1.75 bits per heavy atom. The van der Waals surface area contributed by atoms with Crippen LogP contribution in [0.5, 0.6) is 0 Å². The van der Waals surface area contributed by atoms with Gasteiger partial charge in [-0.15, -0.1) is 0 Å². The summed E-state index contributed by atoms with van der Waals surface area (Å²) in [4.78, 5) is 41.9. The van der Waals surface area contributed by atoms with Crippen molar-refractivity contribution in [1.82, 2.24) is 5.32 Å². The van der Waals surface area contributed by atoms with E-state index in [0.29, 0.717) is 5.69 Å². The second kappa shape index (κ2) is 8.56. The van der Waals surface area contributed by atoms with Crippen LogP contribution in [-0.2, 0) is 16.0 Å². The molecule has 0 radical (unpaired) electrons. The highest BCUT2D eigenvalue weighted by Crippen LogP contribution is 2.21. The van der Waals surface area contributed by atoms with Crippen molar-refractivity contribution in [1.29, 1.82) is 0 Å². The zero-order valence-electron chi connectivity index (χ0n) is 15.4. The Morgan fingerprint density at radius 3 is 2.39 bits per heavy atom. The molecule has 7 heteroatoms. The number of benzene rings is 2. The summed E-state index contributed by atoms with van der Waals surface area (Å²) in [6.07, 6.45) is 4.43. The lowest BCUT2D eigenvalue weighted by Gasteiger charge is -2.28. The van der Waals surface area contributed by atoms with Crippen molar-refractivity contribution in [3.8, 4) is 0 Å². The maximum absolute atomic E-state index is 13.1. The Balaban J connectivity index is 1.77. The molecule has 0 saturated carbocycles. The molecule has 4 amide bonds. The van der Waals surface area contributed by atoms with Gasteiger partial charge < -0.3 is 0 Å². The van der Waals surface area contributed by atoms with Crippen LogP contribution in [0.3, 0.4) is 0 Å². The van der Waals surface area contributed by atoms with Gasteiger partial charge in [0.05, 0.1) is 11.4 Å². The fourth-order valence-corrected chi connectivity index (χ4v) is 2.85. The van der Waals surface area contributed by atoms with Crippen LogP contribution in [0.15, 0.2) is 53.5 Å². The number of nitrogens with zero attached hydrogens (tertiary/aromatic N) is 2. The zero-order chi connectivity index (χ0) is 20.1. The Kier molecular flexibility index (Phi) is 5.93. The molecule has 1 aliphatic heterocycles. The minimum Gasteiger partial charge on any atom is -0.276 e. The molecule has 3 rings (SSSR count). The highest BCUT2D eigenvalue weighted by Gasteiger charge is 2.40. The molecular weight excluding hydrogens is 361 g/mol. The maximum atomic E-state index is 13.1. The summed E-state index contributed by atoms with van der Waals surface area (Å²) in [5.74, 6) is -3.21. The SMILES string of the molecule is CCCCc1ccc(N=C[C@H]2C(=O)NC(=O)N(c3ccc(F)cc3)C2=O)cc1. The van der Waals surface area contributed by atoms with E-state index in [0.717, 1.165) is 36.3 Å². The van der Waals surface area contributed by atoms with Crippen molar-refractivity contribution in [3.63, 3.8) is 0 Å². The number of amides is 4. The van der Waals surface area contributed by atoms with Crippen LogP contribution in [0.25, 0.3) is 0 Å². The second-order valence-corrected chi connectivity index (χ2v) is 6.47. The van der Waals surface area contributed by atoms with Gasteiger partial charge >= 0.3 is 6.03 Å². The number of aryl methyl sites for hydroxylation is 1. The first-order valence-corrected chi connectivity index (χ1v) is 9.07. The third kappa shape index (κ3) is 4.31. The molecule has 1 N–H and O–H groups in total. The molecule has 0 aromatic heterocycles. The van der Waals surface area contributed by atoms with E-state index < -0.39 is 29.6 Å². The van der Waals surface area contributed by atoms with Crippen molar-refractivity contribution in [2.75, 3.05) is 4.90 Å². The molecule has 144 valence electrons. The van der Waals surface area contributed by atoms with E-state index in [1.807, 2.05) is 24.3 Å². The van der Waals surface area contributed by atoms with Crippen molar-refractivity contribution >= 4 is 35.4 Å². The minimum absolute atomic E-state index is 0.176. The lowest BCUT2D eigenvalue weighted by Crippen LogP contribution is -2.58. The normalized spacial score (nSPS) is 17.3. The summed E-state index contributed by atoms with van der Waals surface area (Å²) < 4.78 is 13.1. The number of nitrogens with one attached hydrogen (secondary N) is 1. The highest BCUT2D eigenvalue weighted by molar-refractivity contribution is 6.32. The molecule has 2 aromatic rings. The monoisotopic (exact) mass is 381 g/mol. The van der Waals surface area contributed by atoms with Crippen LogP contribution in [0.1, 0.15) is 25.3 Å². The summed E-state index contributed by atoms with van der Waals surface area (Å²) in [5.41, 5.74) is 1.97. The molecule has 0 bridgehead atoms. The van der Waals surface area contributed by atoms with E-state index in [1.54, 1.807) is 0 Å². The number of barbiturate groups is 1. The van der Waals surface area contributed by atoms with Crippen LogP contribution in [0, 0.1) is 11.7 Å². The summed E-state index contributed by atoms with van der Waals surface area (Å²) in [6, 6.07) is 11.5. The van der Waals surface area contributed by atoms with E-state index in [1.165, 1.54) is 23.9 Å². The largest absolute Gasteiger partial charge is 0.335 e. The molecule has 28 heavy (non-hydrogen) atoms. The van der Waals surface area contributed by atoms with Gasteiger partial charge in [-0.3, -0.25) is 19.9 Å². The first-order chi connectivity index (χ1) is 13.5. The Hall–Kier alpha value is -3.35. The van der Waals surface area contributed by atoms with Gasteiger partial charge in [0.25, 0.3) is 5.91 Å². The van der Waals surface area contributed by atoms with E-state index in [-0.39, 0.29) is 5.69 Å². The van der Waals surface area contributed by atoms with Gasteiger partial charge in [0, 0.05) is 6.21 Å². The van der Waals surface area contributed by atoms with Crippen LogP contribution >= 0.6 is 0 Å². The summed E-state index contributed by atoms with van der Waals surface area (Å²) in [5, 5.41) is 2.13. The van der Waals surface area contributed by atoms with Gasteiger partial charge in [-0.25, -0.2) is 14.1 Å². The topological polar surface area (TPSA) is 78.8 Å². The number of rotatable bonds is 6. The molecule has 1 atom stereocenters. The van der Waals surface area contributed by atoms with Crippen LogP contribution < -0.4 is 10.2 Å². The summed E-state index contributed by atoms with van der Waals surface area (Å²) in [6.45, 7) is 2.13. The predicted molar refractivity (Wildman–Crippen MR) is 104 cm³/mol. The van der Waals surface area contributed by atoms with E-state index in [2.05, 4.69) is 17.2 Å². The smallest absolute Gasteiger partial charge is 0.276 e. The number of aliphatic imine (C=N–C) groups is 1. The average Bonchev–Trinajstić information content (AvgIpc) is 2.68. The molecule has 1 fully saturated rings. The summed E-state index contributed by atoms with van der Waals surface area (Å²) in [7, 11) is 0. The number of hydrogen-bond acceptors (Lipinski definition) is 4. The quantitative estimate of drug-likeness (QED) is 0.611. The van der Waals surface area contributed by atoms with E-state index in [4.69, 9.17) is 0 Å². The molecule has 2 aromatic carbocycles. The first kappa shape index (κ1) is 19.4. The number of unbranched alkanes of at least 4 members (excludes halogenated alkanes) is 1. The van der Waals surface area contributed by atoms with Crippen molar-refractivity contribution in [2.45, 2.75) is 26.2 Å². The maximum Gasteiger partial charge on any atom is 0.335 e. The zero-order valence-corrected chi connectivity index (χ0v) is 15.4. The van der Waals surface area contributed by atoms with Gasteiger partial charge in [-0.1, -0.05) is 25.5 Å². The van der Waals surface area contributed by atoms with Gasteiger partial charge in [0.1, 0.15) is 5.82 Å². The molecule has 1 aliphatic rings. The fraction of sp³-hybridized carbons (Fsp3) is 0.238. The lowest BCUT2D eigenvalue weighted by molar-refractivity contribution is -0.131. The predicted octanol–water partition coefficient (Wildman–Crippen LogP) is 3.77. The Labute approximate surface area is 162 Å². The average molecular weight is 381 g/mol. The second-order valence-electron chi connectivity index (χ2n) is 6.47. The molecule has 0 aliphatic carbocycles. The standard InChI is InChI=1S/C21H20FN3O3/c1-2-3-4-14-5-9-16(10-6-14)23-13-18-19(26)24-21(28)25(20(18)27)17-11-7-15(22)8-12-17/h5-13,18H,2-4H2,1H3,(H,24,26,28)/t18-/m0/s1. The van der Waals surface area contributed by atoms with E-state index in [9.17, 15) is 18.8 Å². The Bertz CT molecular complexity index is 907. The first-order valence-electron chi connectivity index (χ1n) is 9.07. The molecular formula is C21H20FN3O3. The van der Waals surface area contributed by atoms with Crippen molar-refractivity contribution < 1.29 is 18.8 Å². The lowest BCUT2D eigenvalue weighted by atomic mass is 10.1. The number of imide groups is 2. The van der Waals surface area contributed by atoms with Crippen LogP contribution in [0.2, 0.25) is 0 Å². The van der Waals surface area contributed by atoms with Gasteiger partial charge in [0.15, 0.2) is 5.92 Å². The third-order valence-electron chi connectivity index (χ3n) is 4.41. The van der Waals surface area contributed by atoms with Crippen LogP contribution in [0.4, 0.5) is 20.6 Å². The highest BCUT2D eigenvalue weighted by atomic mass is 19.1. The van der Waals surface area contributed by atoms with Crippen LogP contribution in [-0.4, -0.2) is 24.1 Å². The molecule has 0 unspecified atom stereocenters. The molecule has 6 nitrogen and oxygen atoms in total. The summed E-state index contributed by atoms with van der Waals surface area (Å²) >= 11 is 0. The van der Waals surface area contributed by atoms with E-state index >= 15 is 0 Å².